The van der Waals surface area contributed by atoms with Crippen molar-refractivity contribution < 1.29 is 23.9 Å². The Bertz CT molecular complexity index is 1860. The number of hydrogen-bond acceptors (Lipinski definition) is 8. The first-order valence-electron chi connectivity index (χ1n) is 15.0. The quantitative estimate of drug-likeness (QED) is 0.250. The lowest BCUT2D eigenvalue weighted by atomic mass is 9.79. The van der Waals surface area contributed by atoms with Crippen LogP contribution < -0.4 is 15.5 Å². The smallest absolute Gasteiger partial charge is 0.335 e. The molecule has 12 nitrogen and oxygen atoms in total. The summed E-state index contributed by atoms with van der Waals surface area (Å²) in [5.74, 6) is -2.86. The second-order valence-electron chi connectivity index (χ2n) is 11.9. The molecule has 1 aromatic heterocycles. The topological polar surface area (TPSA) is 146 Å². The molecule has 0 saturated carbocycles. The monoisotopic (exact) mass is 658 g/mol. The minimum absolute atomic E-state index is 0.00567. The van der Waals surface area contributed by atoms with Crippen LogP contribution in [0.5, 0.6) is 0 Å². The molecule has 6 rings (SSSR count). The van der Waals surface area contributed by atoms with Gasteiger partial charge in [0, 0.05) is 54.7 Å². The summed E-state index contributed by atoms with van der Waals surface area (Å²) in [6.07, 6.45) is 4.28. The number of benzene rings is 3. The summed E-state index contributed by atoms with van der Waals surface area (Å²) >= 11 is 6.10. The predicted octanol–water partition coefficient (Wildman–Crippen LogP) is 4.12. The van der Waals surface area contributed by atoms with Gasteiger partial charge in [0.15, 0.2) is 5.82 Å². The number of nitrogens with one attached hydrogen (secondary N) is 2. The standard InChI is InChI=1S/C33H32ClFN8O4/c1-33(2)18-24-22(4-3-5-26(24)41-16-14-36-15-17-41)30(31(45)38-21-8-6-20(7-9-21)32(46)47)43(33)28(44)13-10-23-27(42-19-37-39-40-42)12-11-25(34)29(23)35/h3-13,19,30,36H,14-18H2,1-2H3,(H,38,45)(H,46,47)/b13-10+/t30-/m0/s1. The first-order chi connectivity index (χ1) is 22.5. The van der Waals surface area contributed by atoms with Gasteiger partial charge in [0.05, 0.1) is 16.3 Å². The van der Waals surface area contributed by atoms with Crippen molar-refractivity contribution in [1.29, 1.82) is 0 Å². The third kappa shape index (κ3) is 6.31. The average molecular weight is 659 g/mol. The number of carbonyl (C=O) groups is 3. The Hall–Kier alpha value is -5.14. The van der Waals surface area contributed by atoms with Crippen LogP contribution in [-0.2, 0) is 16.0 Å². The number of carboxylic acid groups (broad SMARTS) is 1. The zero-order valence-electron chi connectivity index (χ0n) is 25.7. The maximum Gasteiger partial charge on any atom is 0.335 e. The van der Waals surface area contributed by atoms with Crippen LogP contribution in [0.3, 0.4) is 0 Å². The zero-order chi connectivity index (χ0) is 33.3. The van der Waals surface area contributed by atoms with E-state index in [1.807, 2.05) is 32.0 Å². The fraction of sp³-hybridized carbons (Fsp3) is 0.273. The van der Waals surface area contributed by atoms with Crippen molar-refractivity contribution in [2.45, 2.75) is 31.8 Å². The molecule has 3 N–H and O–H groups in total. The number of rotatable bonds is 7. The Balaban J connectivity index is 1.42. The number of tetrazole rings is 1. The summed E-state index contributed by atoms with van der Waals surface area (Å²) in [5.41, 5.74) is 2.50. The van der Waals surface area contributed by atoms with Gasteiger partial charge in [-0.15, -0.1) is 5.10 Å². The zero-order valence-corrected chi connectivity index (χ0v) is 26.4. The first-order valence-corrected chi connectivity index (χ1v) is 15.4. The van der Waals surface area contributed by atoms with E-state index in [1.54, 1.807) is 0 Å². The van der Waals surface area contributed by atoms with Crippen LogP contribution in [0, 0.1) is 5.82 Å². The Morgan fingerprint density at radius 3 is 2.49 bits per heavy atom. The van der Waals surface area contributed by atoms with E-state index in [9.17, 15) is 19.5 Å². The van der Waals surface area contributed by atoms with Crippen LogP contribution in [0.15, 0.2) is 67.0 Å². The van der Waals surface area contributed by atoms with Crippen LogP contribution in [-0.4, -0.2) is 79.7 Å². The molecule has 2 aliphatic heterocycles. The fourth-order valence-corrected chi connectivity index (χ4v) is 6.43. The van der Waals surface area contributed by atoms with Crippen molar-refractivity contribution in [2.24, 2.45) is 0 Å². The number of piperazine rings is 1. The molecule has 2 amide bonds. The van der Waals surface area contributed by atoms with Gasteiger partial charge in [-0.25, -0.2) is 9.18 Å². The van der Waals surface area contributed by atoms with E-state index in [0.717, 1.165) is 37.4 Å². The van der Waals surface area contributed by atoms with Crippen LogP contribution in [0.4, 0.5) is 15.8 Å². The molecular formula is C33H32ClFN8O4. The minimum Gasteiger partial charge on any atom is -0.478 e. The fourth-order valence-electron chi connectivity index (χ4n) is 6.26. The largest absolute Gasteiger partial charge is 0.478 e. The molecule has 0 bridgehead atoms. The van der Waals surface area contributed by atoms with Crippen LogP contribution in [0.1, 0.15) is 46.9 Å². The summed E-state index contributed by atoms with van der Waals surface area (Å²) in [7, 11) is 0. The number of halogens is 2. The van der Waals surface area contributed by atoms with Crippen molar-refractivity contribution in [3.8, 4) is 5.69 Å². The van der Waals surface area contributed by atoms with Gasteiger partial charge >= 0.3 is 5.97 Å². The lowest BCUT2D eigenvalue weighted by molar-refractivity contribution is -0.142. The van der Waals surface area contributed by atoms with Crippen molar-refractivity contribution in [1.82, 2.24) is 30.4 Å². The summed E-state index contributed by atoms with van der Waals surface area (Å²) in [5, 5.41) is 26.5. The van der Waals surface area contributed by atoms with Gasteiger partial charge < -0.3 is 25.5 Å². The van der Waals surface area contributed by atoms with Crippen LogP contribution in [0.2, 0.25) is 5.02 Å². The lowest BCUT2D eigenvalue weighted by Gasteiger charge is -2.48. The van der Waals surface area contributed by atoms with Gasteiger partial charge in [-0.1, -0.05) is 23.7 Å². The molecule has 4 aromatic rings. The van der Waals surface area contributed by atoms with Crippen molar-refractivity contribution in [2.75, 3.05) is 36.4 Å². The summed E-state index contributed by atoms with van der Waals surface area (Å²) in [6.45, 7) is 7.03. The molecule has 3 heterocycles. The van der Waals surface area contributed by atoms with Crippen LogP contribution >= 0.6 is 11.6 Å². The van der Waals surface area contributed by atoms with Gasteiger partial charge in [-0.05, 0) is 90.4 Å². The SMILES string of the molecule is CC1(C)Cc2c(cccc2N2CCNCC2)[C@@H](C(=O)Nc2ccc(C(=O)O)cc2)N1C(=O)/C=C/c1c(-n2cnnn2)ccc(Cl)c1F. The highest BCUT2D eigenvalue weighted by atomic mass is 35.5. The molecule has 0 radical (unpaired) electrons. The normalized spacial score (nSPS) is 17.4. The number of carboxylic acids is 1. The van der Waals surface area contributed by atoms with E-state index < -0.39 is 35.2 Å². The number of aromatic carboxylic acids is 1. The van der Waals surface area contributed by atoms with Crippen LogP contribution in [0.25, 0.3) is 11.8 Å². The predicted molar refractivity (Wildman–Crippen MR) is 174 cm³/mol. The number of carbonyl (C=O) groups excluding carboxylic acids is 2. The Labute approximate surface area is 274 Å². The highest BCUT2D eigenvalue weighted by molar-refractivity contribution is 6.31. The summed E-state index contributed by atoms with van der Waals surface area (Å²) < 4.78 is 16.6. The molecule has 47 heavy (non-hydrogen) atoms. The number of nitrogens with zero attached hydrogens (tertiary/aromatic N) is 6. The van der Waals surface area contributed by atoms with Crippen molar-refractivity contribution in [3.63, 3.8) is 0 Å². The van der Waals surface area contributed by atoms with E-state index in [1.165, 1.54) is 64.5 Å². The number of fused-ring (bicyclic) bond motifs is 1. The Morgan fingerprint density at radius 2 is 1.81 bits per heavy atom. The van der Waals surface area contributed by atoms with E-state index >= 15 is 4.39 Å². The van der Waals surface area contributed by atoms with Crippen molar-refractivity contribution >= 4 is 46.8 Å². The third-order valence-corrected chi connectivity index (χ3v) is 8.73. The molecule has 3 aromatic carbocycles. The van der Waals surface area contributed by atoms with Gasteiger partial charge in [0.2, 0.25) is 5.91 Å². The van der Waals surface area contributed by atoms with E-state index in [2.05, 4.69) is 31.1 Å². The average Bonchev–Trinajstić information content (AvgIpc) is 3.59. The molecule has 2 aliphatic rings. The van der Waals surface area contributed by atoms with E-state index in [0.29, 0.717) is 17.7 Å². The lowest BCUT2D eigenvalue weighted by Crippen LogP contribution is -2.56. The Morgan fingerprint density at radius 1 is 1.06 bits per heavy atom. The second kappa shape index (κ2) is 12.9. The molecule has 14 heteroatoms. The highest BCUT2D eigenvalue weighted by Gasteiger charge is 2.46. The molecule has 1 atom stereocenters. The molecule has 0 unspecified atom stereocenters. The molecular weight excluding hydrogens is 627 g/mol. The Kier molecular flexibility index (Phi) is 8.76. The maximum atomic E-state index is 15.3. The minimum atomic E-state index is -1.09. The molecule has 0 spiro atoms. The molecule has 242 valence electrons. The summed E-state index contributed by atoms with van der Waals surface area (Å²) in [6, 6.07) is 13.4. The summed E-state index contributed by atoms with van der Waals surface area (Å²) in [4.78, 5) is 43.7. The van der Waals surface area contributed by atoms with Gasteiger partial charge in [-0.2, -0.15) is 4.68 Å². The van der Waals surface area contributed by atoms with E-state index in [4.69, 9.17) is 11.6 Å². The number of hydrogen-bond donors (Lipinski definition) is 3. The second-order valence-corrected chi connectivity index (χ2v) is 12.3. The van der Waals surface area contributed by atoms with Gasteiger partial charge in [0.25, 0.3) is 5.91 Å². The third-order valence-electron chi connectivity index (χ3n) is 8.44. The van der Waals surface area contributed by atoms with Gasteiger partial charge in [-0.3, -0.25) is 9.59 Å². The first kappa shape index (κ1) is 31.8. The number of aromatic nitrogens is 4. The van der Waals surface area contributed by atoms with Crippen molar-refractivity contribution in [3.05, 3.63) is 100 Å². The molecule has 1 saturated heterocycles. The molecule has 1 fully saturated rings. The maximum absolute atomic E-state index is 15.3. The number of anilines is 2. The van der Waals surface area contributed by atoms with Gasteiger partial charge in [0.1, 0.15) is 12.4 Å². The molecule has 0 aliphatic carbocycles. The highest BCUT2D eigenvalue weighted by Crippen LogP contribution is 2.43. The number of amides is 2. The van der Waals surface area contributed by atoms with E-state index in [-0.39, 0.29) is 21.8 Å².